The maximum Gasteiger partial charge on any atom is 0.303 e. The fourth-order valence-electron chi connectivity index (χ4n) is 1.99. The lowest BCUT2D eigenvalue weighted by atomic mass is 10.0. The van der Waals surface area contributed by atoms with Gasteiger partial charge in [0, 0.05) is 33.7 Å². The minimum absolute atomic E-state index is 0.114. The van der Waals surface area contributed by atoms with E-state index in [-0.39, 0.29) is 17.7 Å². The van der Waals surface area contributed by atoms with Crippen molar-refractivity contribution in [3.8, 4) is 0 Å². The summed E-state index contributed by atoms with van der Waals surface area (Å²) < 4.78 is 5.01. The number of methoxy groups -OCH3 is 1. The van der Waals surface area contributed by atoms with Gasteiger partial charge in [0.25, 0.3) is 0 Å². The molecule has 0 unspecified atom stereocenters. The highest BCUT2D eigenvalue weighted by molar-refractivity contribution is 5.85. The molecule has 0 heterocycles. The summed E-state index contributed by atoms with van der Waals surface area (Å²) >= 11 is 0. The molecule has 1 rings (SSSR count). The number of carbonyl (C=O) groups is 2. The fourth-order valence-corrected chi connectivity index (χ4v) is 1.99. The Labute approximate surface area is 102 Å². The highest BCUT2D eigenvalue weighted by Crippen LogP contribution is 2.50. The number of ether oxygens (including phenoxy) is 1. The van der Waals surface area contributed by atoms with E-state index < -0.39 is 5.97 Å². The number of carboxylic acid groups (broad SMARTS) is 1. The van der Waals surface area contributed by atoms with Crippen LogP contribution >= 0.6 is 0 Å². The number of carboxylic acids is 1. The Morgan fingerprint density at radius 1 is 1.41 bits per heavy atom. The number of hydrogen-bond acceptors (Lipinski definition) is 3. The van der Waals surface area contributed by atoms with Crippen LogP contribution in [0.1, 0.15) is 32.1 Å². The molecule has 5 heteroatoms. The number of nitrogens with zero attached hydrogens (tertiary/aromatic N) is 1. The van der Waals surface area contributed by atoms with E-state index in [1.165, 1.54) is 0 Å². The maximum absolute atomic E-state index is 12.1. The third-order valence-corrected chi connectivity index (χ3v) is 3.32. The van der Waals surface area contributed by atoms with E-state index in [2.05, 4.69) is 0 Å². The van der Waals surface area contributed by atoms with Crippen LogP contribution in [-0.2, 0) is 14.3 Å². The predicted molar refractivity (Wildman–Crippen MR) is 62.7 cm³/mol. The molecule has 0 radical (unpaired) electrons. The summed E-state index contributed by atoms with van der Waals surface area (Å²) in [5.74, 6) is -0.675. The van der Waals surface area contributed by atoms with Crippen molar-refractivity contribution < 1.29 is 19.4 Å². The van der Waals surface area contributed by atoms with Crippen molar-refractivity contribution in [2.24, 2.45) is 5.41 Å². The molecule has 1 aliphatic carbocycles. The van der Waals surface area contributed by atoms with Gasteiger partial charge < -0.3 is 14.7 Å². The number of amides is 1. The Balaban J connectivity index is 2.33. The van der Waals surface area contributed by atoms with Crippen molar-refractivity contribution in [2.45, 2.75) is 32.1 Å². The molecule has 1 fully saturated rings. The lowest BCUT2D eigenvalue weighted by Crippen LogP contribution is -2.35. The van der Waals surface area contributed by atoms with Crippen LogP contribution < -0.4 is 0 Å². The van der Waals surface area contributed by atoms with Crippen molar-refractivity contribution >= 4 is 11.9 Å². The summed E-state index contributed by atoms with van der Waals surface area (Å²) in [4.78, 5) is 24.2. The summed E-state index contributed by atoms with van der Waals surface area (Å²) in [5, 5.41) is 8.53. The zero-order chi connectivity index (χ0) is 12.9. The van der Waals surface area contributed by atoms with Gasteiger partial charge in [0.1, 0.15) is 0 Å². The van der Waals surface area contributed by atoms with Gasteiger partial charge in [-0.1, -0.05) is 0 Å². The van der Waals surface area contributed by atoms with Gasteiger partial charge >= 0.3 is 5.97 Å². The molecular weight excluding hydrogens is 222 g/mol. The van der Waals surface area contributed by atoms with Gasteiger partial charge in [-0.3, -0.25) is 9.59 Å². The molecule has 0 bridgehead atoms. The van der Waals surface area contributed by atoms with E-state index in [1.807, 2.05) is 0 Å². The number of carbonyl (C=O) groups excluding carboxylic acids is 1. The highest BCUT2D eigenvalue weighted by Gasteiger charge is 2.50. The van der Waals surface area contributed by atoms with Crippen LogP contribution in [0.25, 0.3) is 0 Å². The van der Waals surface area contributed by atoms with E-state index >= 15 is 0 Å². The van der Waals surface area contributed by atoms with Gasteiger partial charge in [0.05, 0.1) is 5.41 Å². The smallest absolute Gasteiger partial charge is 0.303 e. The summed E-state index contributed by atoms with van der Waals surface area (Å²) in [7, 11) is 3.38. The molecule has 0 saturated heterocycles. The topological polar surface area (TPSA) is 66.8 Å². The van der Waals surface area contributed by atoms with Crippen molar-refractivity contribution in [2.75, 3.05) is 27.3 Å². The molecule has 0 atom stereocenters. The Kier molecular flexibility index (Phi) is 4.93. The minimum atomic E-state index is -0.814. The zero-order valence-electron chi connectivity index (χ0n) is 10.6. The second kappa shape index (κ2) is 6.00. The third-order valence-electron chi connectivity index (χ3n) is 3.32. The Hall–Kier alpha value is -1.10. The average Bonchev–Trinajstić information content (AvgIpc) is 3.05. The molecule has 0 spiro atoms. The van der Waals surface area contributed by atoms with Crippen LogP contribution in [0.5, 0.6) is 0 Å². The lowest BCUT2D eigenvalue weighted by Gasteiger charge is -2.23. The monoisotopic (exact) mass is 243 g/mol. The first kappa shape index (κ1) is 14.0. The molecule has 17 heavy (non-hydrogen) atoms. The molecule has 1 N–H and O–H groups in total. The highest BCUT2D eigenvalue weighted by atomic mass is 16.5. The van der Waals surface area contributed by atoms with Crippen molar-refractivity contribution in [3.05, 3.63) is 0 Å². The van der Waals surface area contributed by atoms with E-state index in [4.69, 9.17) is 9.84 Å². The molecular formula is C12H21NO4. The normalized spacial score (nSPS) is 16.6. The fraction of sp³-hybridized carbons (Fsp3) is 0.833. The zero-order valence-corrected chi connectivity index (χ0v) is 10.6. The molecule has 0 aromatic rings. The predicted octanol–water partition coefficient (Wildman–Crippen LogP) is 1.13. The van der Waals surface area contributed by atoms with Crippen LogP contribution in [0.2, 0.25) is 0 Å². The number of aliphatic carboxylic acids is 1. The van der Waals surface area contributed by atoms with Crippen LogP contribution in [0, 0.1) is 5.41 Å². The molecule has 98 valence electrons. The van der Waals surface area contributed by atoms with E-state index in [1.54, 1.807) is 19.1 Å². The Bertz CT molecular complexity index is 286. The summed E-state index contributed by atoms with van der Waals surface area (Å²) in [6, 6.07) is 0. The van der Waals surface area contributed by atoms with Crippen molar-refractivity contribution in [1.82, 2.24) is 4.90 Å². The number of hydrogen-bond donors (Lipinski definition) is 1. The first-order valence-electron chi connectivity index (χ1n) is 5.98. The van der Waals surface area contributed by atoms with Crippen molar-refractivity contribution in [1.29, 1.82) is 0 Å². The lowest BCUT2D eigenvalue weighted by molar-refractivity contribution is -0.139. The standard InChI is InChI=1S/C12H21NO4/c1-13(8-3-4-10(14)15)11(16)12(5-6-12)7-9-17-2/h3-9H2,1-2H3,(H,14,15). The van der Waals surface area contributed by atoms with Gasteiger partial charge in [-0.05, 0) is 25.7 Å². The molecule has 1 aliphatic rings. The summed E-state index contributed by atoms with van der Waals surface area (Å²) in [6.45, 7) is 1.12. The molecule has 0 aromatic carbocycles. The maximum atomic E-state index is 12.1. The molecule has 0 aliphatic heterocycles. The van der Waals surface area contributed by atoms with Crippen LogP contribution in [-0.4, -0.2) is 49.2 Å². The Morgan fingerprint density at radius 3 is 2.53 bits per heavy atom. The van der Waals surface area contributed by atoms with Gasteiger partial charge in [-0.25, -0.2) is 0 Å². The first-order chi connectivity index (χ1) is 8.02. The molecule has 5 nitrogen and oxygen atoms in total. The van der Waals surface area contributed by atoms with E-state index in [0.29, 0.717) is 19.6 Å². The summed E-state index contributed by atoms with van der Waals surface area (Å²) in [6.07, 6.45) is 3.25. The quantitative estimate of drug-likeness (QED) is 0.694. The second-order valence-electron chi connectivity index (χ2n) is 4.75. The average molecular weight is 243 g/mol. The van der Waals surface area contributed by atoms with Gasteiger partial charge in [-0.15, -0.1) is 0 Å². The molecule has 1 saturated carbocycles. The van der Waals surface area contributed by atoms with Crippen LogP contribution in [0.3, 0.4) is 0 Å². The molecule has 0 aromatic heterocycles. The molecule has 1 amide bonds. The third kappa shape index (κ3) is 4.00. The summed E-state index contributed by atoms with van der Waals surface area (Å²) in [5.41, 5.74) is -0.214. The van der Waals surface area contributed by atoms with Gasteiger partial charge in [0.2, 0.25) is 5.91 Å². The second-order valence-corrected chi connectivity index (χ2v) is 4.75. The SMILES string of the molecule is COCCC1(C(=O)N(C)CCCC(=O)O)CC1. The van der Waals surface area contributed by atoms with Gasteiger partial charge in [-0.2, -0.15) is 0 Å². The first-order valence-corrected chi connectivity index (χ1v) is 5.98. The van der Waals surface area contributed by atoms with Crippen molar-refractivity contribution in [3.63, 3.8) is 0 Å². The minimum Gasteiger partial charge on any atom is -0.481 e. The van der Waals surface area contributed by atoms with E-state index in [9.17, 15) is 9.59 Å². The number of rotatable bonds is 8. The van der Waals surface area contributed by atoms with Gasteiger partial charge in [0.15, 0.2) is 0 Å². The van der Waals surface area contributed by atoms with E-state index in [0.717, 1.165) is 19.3 Å². The largest absolute Gasteiger partial charge is 0.481 e. The van der Waals surface area contributed by atoms with Crippen LogP contribution in [0.4, 0.5) is 0 Å². The van der Waals surface area contributed by atoms with Crippen LogP contribution in [0.15, 0.2) is 0 Å². The Morgan fingerprint density at radius 2 is 2.06 bits per heavy atom.